The molecule has 9 heteroatoms. The number of hydrogen-bond acceptors (Lipinski definition) is 6. The van der Waals surface area contributed by atoms with Crippen molar-refractivity contribution in [1.82, 2.24) is 15.2 Å². The van der Waals surface area contributed by atoms with E-state index >= 15 is 0 Å². The zero-order valence-corrected chi connectivity index (χ0v) is 16.0. The summed E-state index contributed by atoms with van der Waals surface area (Å²) < 4.78 is 27.7. The monoisotopic (exact) mass is 402 g/mol. The molecule has 2 aromatic rings. The molecule has 1 aliphatic heterocycles. The van der Waals surface area contributed by atoms with Gasteiger partial charge in [-0.25, -0.2) is 18.6 Å². The minimum Gasteiger partial charge on any atom is -0.371 e. The van der Waals surface area contributed by atoms with Gasteiger partial charge >= 0.3 is 0 Å². The van der Waals surface area contributed by atoms with E-state index in [0.29, 0.717) is 25.9 Å². The Morgan fingerprint density at radius 2 is 1.93 bits per heavy atom. The molecule has 0 radical (unpaired) electrons. The van der Waals surface area contributed by atoms with E-state index < -0.39 is 15.9 Å². The molecule has 2 heterocycles. The summed E-state index contributed by atoms with van der Waals surface area (Å²) in [5.74, 6) is -0.599. The Kier molecular flexibility index (Phi) is 6.40. The Balaban J connectivity index is 1.65. The van der Waals surface area contributed by atoms with Crippen molar-refractivity contribution in [3.63, 3.8) is 0 Å². The molecule has 0 atom stereocenters. The van der Waals surface area contributed by atoms with Crippen molar-refractivity contribution in [1.29, 1.82) is 0 Å². The first-order valence-corrected chi connectivity index (χ1v) is 10.4. The highest BCUT2D eigenvalue weighted by molar-refractivity contribution is 7.89. The van der Waals surface area contributed by atoms with E-state index in [0.717, 1.165) is 11.3 Å². The van der Waals surface area contributed by atoms with Gasteiger partial charge in [0, 0.05) is 43.3 Å². The Morgan fingerprint density at radius 3 is 2.61 bits per heavy atom. The van der Waals surface area contributed by atoms with E-state index in [4.69, 9.17) is 5.21 Å². The van der Waals surface area contributed by atoms with Crippen LogP contribution in [-0.2, 0) is 14.8 Å². The van der Waals surface area contributed by atoms with Crippen LogP contribution in [-0.4, -0.2) is 43.6 Å². The van der Waals surface area contributed by atoms with Crippen LogP contribution < -0.4 is 15.1 Å². The molecule has 3 rings (SSSR count). The van der Waals surface area contributed by atoms with E-state index in [1.54, 1.807) is 17.6 Å². The molecular weight excluding hydrogens is 380 g/mol. The summed E-state index contributed by atoms with van der Waals surface area (Å²) in [6, 6.07) is 10.6. The van der Waals surface area contributed by atoms with Crippen molar-refractivity contribution >= 4 is 27.7 Å². The highest BCUT2D eigenvalue weighted by Crippen LogP contribution is 2.25. The first-order chi connectivity index (χ1) is 13.5. The molecular formula is C19H22N4O4S. The van der Waals surface area contributed by atoms with Gasteiger partial charge in [-0.3, -0.25) is 15.0 Å². The van der Waals surface area contributed by atoms with Crippen LogP contribution >= 0.6 is 0 Å². The number of hydroxylamine groups is 1. The molecule has 1 fully saturated rings. The fraction of sp³-hybridized carbons (Fsp3) is 0.263. The molecule has 0 bridgehead atoms. The van der Waals surface area contributed by atoms with Gasteiger partial charge in [0.15, 0.2) is 0 Å². The Bertz CT molecular complexity index is 939. The average molecular weight is 402 g/mol. The first-order valence-electron chi connectivity index (χ1n) is 8.88. The van der Waals surface area contributed by atoms with Crippen LogP contribution in [0.4, 0.5) is 5.69 Å². The number of anilines is 1. The van der Waals surface area contributed by atoms with Gasteiger partial charge in [0.1, 0.15) is 4.90 Å². The van der Waals surface area contributed by atoms with Crippen molar-refractivity contribution in [3.05, 3.63) is 60.4 Å². The smallest absolute Gasteiger partial charge is 0.267 e. The number of hydrogen-bond donors (Lipinski definition) is 3. The SMILES string of the molecule is O=C(/C=C/c1ccccc1N1CCC(NS(=O)(=O)c2cccnc2)CC1)NO. The van der Waals surface area contributed by atoms with Crippen LogP contribution in [0.1, 0.15) is 18.4 Å². The molecule has 28 heavy (non-hydrogen) atoms. The summed E-state index contributed by atoms with van der Waals surface area (Å²) >= 11 is 0. The largest absolute Gasteiger partial charge is 0.371 e. The molecule has 0 saturated carbocycles. The lowest BCUT2D eigenvalue weighted by Gasteiger charge is -2.34. The normalized spacial score (nSPS) is 15.7. The Morgan fingerprint density at radius 1 is 1.18 bits per heavy atom. The van der Waals surface area contributed by atoms with E-state index in [1.807, 2.05) is 24.3 Å². The predicted molar refractivity (Wildman–Crippen MR) is 105 cm³/mol. The number of benzene rings is 1. The summed E-state index contributed by atoms with van der Waals surface area (Å²) in [7, 11) is -3.58. The predicted octanol–water partition coefficient (Wildman–Crippen LogP) is 1.55. The topological polar surface area (TPSA) is 112 Å². The fourth-order valence-corrected chi connectivity index (χ4v) is 4.42. The standard InChI is InChI=1S/C19H22N4O4S/c24-19(21-25)8-7-15-4-1-2-6-18(15)23-12-9-16(10-13-23)22-28(26,27)17-5-3-11-20-14-17/h1-8,11,14,16,22,25H,9-10,12-13H2,(H,21,24)/b8-7+. The average Bonchev–Trinajstić information content (AvgIpc) is 2.73. The van der Waals surface area contributed by atoms with E-state index in [-0.39, 0.29) is 10.9 Å². The van der Waals surface area contributed by atoms with Crippen LogP contribution in [0.15, 0.2) is 59.8 Å². The number of piperidine rings is 1. The molecule has 1 amide bonds. The zero-order chi connectivity index (χ0) is 20.0. The summed E-state index contributed by atoms with van der Waals surface area (Å²) in [6.45, 7) is 1.36. The number of rotatable bonds is 6. The van der Waals surface area contributed by atoms with Gasteiger partial charge in [0.2, 0.25) is 10.0 Å². The first kappa shape index (κ1) is 20.0. The fourth-order valence-electron chi connectivity index (χ4n) is 3.15. The molecule has 1 aromatic heterocycles. The maximum atomic E-state index is 12.5. The maximum Gasteiger partial charge on any atom is 0.267 e. The van der Waals surface area contributed by atoms with Gasteiger partial charge in [-0.1, -0.05) is 18.2 Å². The zero-order valence-electron chi connectivity index (χ0n) is 15.2. The molecule has 1 aromatic carbocycles. The van der Waals surface area contributed by atoms with Crippen molar-refractivity contribution in [2.75, 3.05) is 18.0 Å². The van der Waals surface area contributed by atoms with Gasteiger partial charge in [-0.15, -0.1) is 0 Å². The van der Waals surface area contributed by atoms with Crippen molar-refractivity contribution < 1.29 is 18.4 Å². The summed E-state index contributed by atoms with van der Waals surface area (Å²) in [5.41, 5.74) is 3.37. The van der Waals surface area contributed by atoms with Crippen molar-refractivity contribution in [2.24, 2.45) is 0 Å². The van der Waals surface area contributed by atoms with Crippen molar-refractivity contribution in [2.45, 2.75) is 23.8 Å². The molecule has 1 aliphatic rings. The maximum absolute atomic E-state index is 12.5. The van der Waals surface area contributed by atoms with E-state index in [9.17, 15) is 13.2 Å². The third-order valence-electron chi connectivity index (χ3n) is 4.56. The highest BCUT2D eigenvalue weighted by Gasteiger charge is 2.25. The second kappa shape index (κ2) is 8.96. The van der Waals surface area contributed by atoms with Gasteiger partial charge in [0.05, 0.1) is 0 Å². The second-order valence-electron chi connectivity index (χ2n) is 6.44. The lowest BCUT2D eigenvalue weighted by molar-refractivity contribution is -0.124. The van der Waals surface area contributed by atoms with Crippen molar-refractivity contribution in [3.8, 4) is 0 Å². The summed E-state index contributed by atoms with van der Waals surface area (Å²) in [4.78, 5) is 17.4. The van der Waals surface area contributed by atoms with Crippen LogP contribution in [0, 0.1) is 0 Å². The van der Waals surface area contributed by atoms with Gasteiger partial charge < -0.3 is 4.90 Å². The van der Waals surface area contributed by atoms with Gasteiger partial charge in [-0.05, 0) is 42.7 Å². The van der Waals surface area contributed by atoms with Crippen LogP contribution in [0.5, 0.6) is 0 Å². The molecule has 8 nitrogen and oxygen atoms in total. The molecule has 0 aliphatic carbocycles. The second-order valence-corrected chi connectivity index (χ2v) is 8.15. The number of pyridine rings is 1. The van der Waals surface area contributed by atoms with E-state index in [2.05, 4.69) is 14.6 Å². The minimum atomic E-state index is -3.58. The third-order valence-corrected chi connectivity index (χ3v) is 6.07. The quantitative estimate of drug-likeness (QED) is 0.384. The lowest BCUT2D eigenvalue weighted by atomic mass is 10.0. The molecule has 3 N–H and O–H groups in total. The number of carbonyl (C=O) groups excluding carboxylic acids is 1. The summed E-state index contributed by atoms with van der Waals surface area (Å²) in [5, 5.41) is 8.61. The Labute approximate surface area is 163 Å². The number of para-hydroxylation sites is 1. The highest BCUT2D eigenvalue weighted by atomic mass is 32.2. The van der Waals surface area contributed by atoms with E-state index in [1.165, 1.54) is 24.5 Å². The number of amides is 1. The lowest BCUT2D eigenvalue weighted by Crippen LogP contribution is -2.44. The summed E-state index contributed by atoms with van der Waals surface area (Å²) in [6.07, 6.45) is 7.09. The number of nitrogens with one attached hydrogen (secondary N) is 2. The minimum absolute atomic E-state index is 0.149. The van der Waals surface area contributed by atoms with Crippen LogP contribution in [0.2, 0.25) is 0 Å². The van der Waals surface area contributed by atoms with Crippen LogP contribution in [0.25, 0.3) is 6.08 Å². The third kappa shape index (κ3) is 4.94. The van der Waals surface area contributed by atoms with Gasteiger partial charge in [-0.2, -0.15) is 0 Å². The Hall–Kier alpha value is -2.75. The van der Waals surface area contributed by atoms with Crippen LogP contribution in [0.3, 0.4) is 0 Å². The molecule has 148 valence electrons. The van der Waals surface area contributed by atoms with Gasteiger partial charge in [0.25, 0.3) is 5.91 Å². The number of aromatic nitrogens is 1. The number of nitrogens with zero attached hydrogens (tertiary/aromatic N) is 2. The molecule has 0 spiro atoms. The number of sulfonamides is 1. The molecule has 1 saturated heterocycles. The molecule has 0 unspecified atom stereocenters. The number of carbonyl (C=O) groups is 1.